The number of aromatic nitrogens is 1. The van der Waals surface area contributed by atoms with Crippen LogP contribution in [0.4, 0.5) is 0 Å². The normalized spacial score (nSPS) is 12.2. The number of hydrogen-bond acceptors (Lipinski definition) is 2. The van der Waals surface area contributed by atoms with Gasteiger partial charge in [-0.25, -0.2) is 0 Å². The number of carbonyl (C=O) groups excluding carboxylic acids is 1. The average molecular weight is 275 g/mol. The van der Waals surface area contributed by atoms with Gasteiger partial charge in [-0.2, -0.15) is 0 Å². The van der Waals surface area contributed by atoms with Gasteiger partial charge in [0.2, 0.25) is 0 Å². The Hall–Kier alpha value is -2.48. The van der Waals surface area contributed by atoms with Gasteiger partial charge in [-0.1, -0.05) is 55.5 Å². The highest BCUT2D eigenvalue weighted by atomic mass is 16.1. The minimum atomic E-state index is -0.0433. The topological polar surface area (TPSA) is 30.0 Å². The van der Waals surface area contributed by atoms with Gasteiger partial charge < -0.3 is 0 Å². The van der Waals surface area contributed by atoms with Gasteiger partial charge in [0.05, 0.1) is 5.52 Å². The zero-order chi connectivity index (χ0) is 14.7. The lowest BCUT2D eigenvalue weighted by atomic mass is 9.91. The summed E-state index contributed by atoms with van der Waals surface area (Å²) in [4.78, 5) is 16.8. The van der Waals surface area contributed by atoms with E-state index in [0.717, 1.165) is 22.9 Å². The summed E-state index contributed by atoms with van der Waals surface area (Å²) in [7, 11) is 0. The van der Waals surface area contributed by atoms with Gasteiger partial charge in [0.15, 0.2) is 5.78 Å². The Morgan fingerprint density at radius 1 is 1.00 bits per heavy atom. The molecule has 1 heterocycles. The molecule has 0 aliphatic carbocycles. The first-order chi connectivity index (χ1) is 10.3. The second-order valence-electron chi connectivity index (χ2n) is 5.32. The number of nitrogens with zero attached hydrogens (tertiary/aromatic N) is 1. The lowest BCUT2D eigenvalue weighted by molar-refractivity contribution is 0.0929. The fraction of sp³-hybridized carbons (Fsp3) is 0.158. The Labute approximate surface area is 124 Å². The van der Waals surface area contributed by atoms with Crippen molar-refractivity contribution in [3.8, 4) is 0 Å². The zero-order valence-electron chi connectivity index (χ0n) is 12.0. The van der Waals surface area contributed by atoms with Crippen molar-refractivity contribution in [2.45, 2.75) is 13.3 Å². The van der Waals surface area contributed by atoms with Crippen molar-refractivity contribution >= 4 is 16.7 Å². The Morgan fingerprint density at radius 3 is 2.52 bits per heavy atom. The predicted molar refractivity (Wildman–Crippen MR) is 85.4 cm³/mol. The molecule has 0 saturated heterocycles. The van der Waals surface area contributed by atoms with Crippen LogP contribution in [-0.4, -0.2) is 10.8 Å². The van der Waals surface area contributed by atoms with E-state index in [1.807, 2.05) is 67.7 Å². The van der Waals surface area contributed by atoms with E-state index in [2.05, 4.69) is 11.1 Å². The van der Waals surface area contributed by atoms with Gasteiger partial charge >= 0.3 is 0 Å². The van der Waals surface area contributed by atoms with Crippen molar-refractivity contribution in [1.82, 2.24) is 4.98 Å². The van der Waals surface area contributed by atoms with E-state index in [1.165, 1.54) is 5.56 Å². The van der Waals surface area contributed by atoms with Gasteiger partial charge in [-0.3, -0.25) is 9.78 Å². The van der Waals surface area contributed by atoms with E-state index in [9.17, 15) is 4.79 Å². The smallest absolute Gasteiger partial charge is 0.165 e. The molecule has 1 aromatic heterocycles. The number of para-hydroxylation sites is 1. The molecule has 0 fully saturated rings. The number of pyridine rings is 1. The summed E-state index contributed by atoms with van der Waals surface area (Å²) in [5, 5.41) is 1.13. The van der Waals surface area contributed by atoms with E-state index < -0.39 is 0 Å². The van der Waals surface area contributed by atoms with Crippen LogP contribution in [0.3, 0.4) is 0 Å². The molecule has 0 saturated carbocycles. The maximum atomic E-state index is 12.5. The molecule has 21 heavy (non-hydrogen) atoms. The van der Waals surface area contributed by atoms with Crippen LogP contribution in [0, 0.1) is 5.92 Å². The molecule has 3 rings (SSSR count). The van der Waals surface area contributed by atoms with Gasteiger partial charge in [-0.05, 0) is 24.1 Å². The first-order valence-electron chi connectivity index (χ1n) is 7.17. The van der Waals surface area contributed by atoms with Crippen LogP contribution >= 0.6 is 0 Å². The van der Waals surface area contributed by atoms with Gasteiger partial charge in [-0.15, -0.1) is 0 Å². The Kier molecular flexibility index (Phi) is 3.78. The first kappa shape index (κ1) is 13.5. The molecule has 1 atom stereocenters. The minimum Gasteiger partial charge on any atom is -0.294 e. The van der Waals surface area contributed by atoms with Crippen molar-refractivity contribution in [2.24, 2.45) is 5.92 Å². The summed E-state index contributed by atoms with van der Waals surface area (Å²) in [6.07, 6.45) is 2.55. The summed E-state index contributed by atoms with van der Waals surface area (Å²) < 4.78 is 0. The van der Waals surface area contributed by atoms with Crippen LogP contribution in [0.25, 0.3) is 10.9 Å². The number of ketones is 1. The highest BCUT2D eigenvalue weighted by molar-refractivity contribution is 5.98. The molecule has 0 N–H and O–H groups in total. The van der Waals surface area contributed by atoms with E-state index >= 15 is 0 Å². The molecule has 104 valence electrons. The van der Waals surface area contributed by atoms with Crippen molar-refractivity contribution in [2.75, 3.05) is 0 Å². The first-order valence-corrected chi connectivity index (χ1v) is 7.17. The third-order valence-electron chi connectivity index (χ3n) is 3.77. The summed E-state index contributed by atoms with van der Waals surface area (Å²) >= 11 is 0. The molecule has 0 aliphatic rings. The van der Waals surface area contributed by atoms with Crippen LogP contribution < -0.4 is 0 Å². The molecule has 0 aliphatic heterocycles. The number of rotatable bonds is 4. The maximum Gasteiger partial charge on any atom is 0.165 e. The van der Waals surface area contributed by atoms with Crippen LogP contribution in [0.1, 0.15) is 22.8 Å². The quantitative estimate of drug-likeness (QED) is 0.665. The van der Waals surface area contributed by atoms with Crippen molar-refractivity contribution < 1.29 is 4.79 Å². The second kappa shape index (κ2) is 5.88. The lowest BCUT2D eigenvalue weighted by Gasteiger charge is -2.12. The molecule has 0 radical (unpaired) electrons. The number of benzene rings is 2. The highest BCUT2D eigenvalue weighted by Crippen LogP contribution is 2.21. The lowest BCUT2D eigenvalue weighted by Crippen LogP contribution is -2.14. The van der Waals surface area contributed by atoms with Crippen LogP contribution in [0.15, 0.2) is 66.9 Å². The second-order valence-corrected chi connectivity index (χ2v) is 5.32. The van der Waals surface area contributed by atoms with Crippen LogP contribution in [0.2, 0.25) is 0 Å². The summed E-state index contributed by atoms with van der Waals surface area (Å²) in [5.74, 6) is 0.148. The zero-order valence-corrected chi connectivity index (χ0v) is 12.0. The van der Waals surface area contributed by atoms with E-state index in [0.29, 0.717) is 0 Å². The predicted octanol–water partition coefficient (Wildman–Crippen LogP) is 4.30. The average Bonchev–Trinajstić information content (AvgIpc) is 2.55. The van der Waals surface area contributed by atoms with E-state index in [1.54, 1.807) is 0 Å². The Bertz CT molecular complexity index is 759. The Morgan fingerprint density at radius 2 is 1.71 bits per heavy atom. The van der Waals surface area contributed by atoms with Crippen molar-refractivity contribution in [1.29, 1.82) is 0 Å². The largest absolute Gasteiger partial charge is 0.294 e. The molecular weight excluding hydrogens is 258 g/mol. The van der Waals surface area contributed by atoms with E-state index in [-0.39, 0.29) is 11.7 Å². The molecule has 2 heteroatoms. The molecular formula is C19H17NO. The monoisotopic (exact) mass is 275 g/mol. The van der Waals surface area contributed by atoms with Gasteiger partial charge in [0.1, 0.15) is 0 Å². The number of Topliss-reactive ketones (excluding diaryl/α,β-unsaturated/α-hetero) is 1. The molecule has 2 aromatic carbocycles. The molecule has 2 nitrogen and oxygen atoms in total. The van der Waals surface area contributed by atoms with Gasteiger partial charge in [0.25, 0.3) is 0 Å². The molecule has 3 aromatic rings. The summed E-state index contributed by atoms with van der Waals surface area (Å²) in [5.41, 5.74) is 2.94. The third kappa shape index (κ3) is 2.84. The fourth-order valence-corrected chi connectivity index (χ4v) is 2.64. The molecule has 1 unspecified atom stereocenters. The van der Waals surface area contributed by atoms with E-state index in [4.69, 9.17) is 0 Å². The Balaban J connectivity index is 1.87. The van der Waals surface area contributed by atoms with Crippen molar-refractivity contribution in [3.63, 3.8) is 0 Å². The van der Waals surface area contributed by atoms with Crippen LogP contribution in [0.5, 0.6) is 0 Å². The number of carbonyl (C=O) groups is 1. The number of fused-ring (bicyclic) bond motifs is 1. The standard InChI is InChI=1S/C19H17NO/c1-14(19(21)15-7-3-2-4-8-15)13-16-11-12-20-18-10-6-5-9-17(16)18/h2-12,14H,13H2,1H3. The summed E-state index contributed by atoms with van der Waals surface area (Å²) in [6, 6.07) is 19.6. The summed E-state index contributed by atoms with van der Waals surface area (Å²) in [6.45, 7) is 1.99. The molecule has 0 amide bonds. The molecule has 0 spiro atoms. The minimum absolute atomic E-state index is 0.0433. The number of hydrogen-bond donors (Lipinski definition) is 0. The molecule has 0 bridgehead atoms. The maximum absolute atomic E-state index is 12.5. The SMILES string of the molecule is CC(Cc1ccnc2ccccc12)C(=O)c1ccccc1. The van der Waals surface area contributed by atoms with Crippen molar-refractivity contribution in [3.05, 3.63) is 78.0 Å². The van der Waals surface area contributed by atoms with Crippen LogP contribution in [-0.2, 0) is 6.42 Å². The highest BCUT2D eigenvalue weighted by Gasteiger charge is 2.16. The third-order valence-corrected chi connectivity index (χ3v) is 3.77. The van der Waals surface area contributed by atoms with Gasteiger partial charge in [0, 0.05) is 23.1 Å². The fourth-order valence-electron chi connectivity index (χ4n) is 2.64.